The van der Waals surface area contributed by atoms with Crippen LogP contribution in [0.5, 0.6) is 5.75 Å². The fraction of sp³-hybridized carbons (Fsp3) is 0.731. The molecule has 1 saturated heterocycles. The van der Waals surface area contributed by atoms with Gasteiger partial charge in [0.1, 0.15) is 11.9 Å². The lowest BCUT2D eigenvalue weighted by Crippen LogP contribution is -2.55. The van der Waals surface area contributed by atoms with Crippen molar-refractivity contribution in [1.82, 2.24) is 14.8 Å². The van der Waals surface area contributed by atoms with E-state index in [0.717, 1.165) is 60.8 Å². The Morgan fingerprint density at radius 3 is 2.50 bits per heavy atom. The Kier molecular flexibility index (Phi) is 9.49. The quantitative estimate of drug-likeness (QED) is 0.426. The Balaban J connectivity index is 1.13. The number of halogens is 3. The number of rotatable bonds is 10. The summed E-state index contributed by atoms with van der Waals surface area (Å²) in [7, 11) is 0. The highest BCUT2D eigenvalue weighted by Crippen LogP contribution is 2.38. The van der Waals surface area contributed by atoms with Crippen molar-refractivity contribution in [3.63, 3.8) is 0 Å². The van der Waals surface area contributed by atoms with Gasteiger partial charge in [-0.1, -0.05) is 0 Å². The van der Waals surface area contributed by atoms with Gasteiger partial charge in [-0.3, -0.25) is 4.90 Å². The highest BCUT2D eigenvalue weighted by molar-refractivity contribution is 7.18. The molecule has 2 heterocycles. The van der Waals surface area contributed by atoms with Crippen molar-refractivity contribution in [3.05, 3.63) is 23.2 Å². The molecule has 6 nitrogen and oxygen atoms in total. The van der Waals surface area contributed by atoms with Crippen molar-refractivity contribution in [2.24, 2.45) is 5.92 Å². The Bertz CT molecular complexity index is 955. The second-order valence-corrected chi connectivity index (χ2v) is 11.3. The average Bonchev–Trinajstić information content (AvgIpc) is 3.21. The maximum absolute atomic E-state index is 12.8. The number of benzene rings is 1. The van der Waals surface area contributed by atoms with Gasteiger partial charge in [-0.2, -0.15) is 13.2 Å². The molecule has 1 unspecified atom stereocenters. The van der Waals surface area contributed by atoms with E-state index in [1.165, 1.54) is 0 Å². The fourth-order valence-electron chi connectivity index (χ4n) is 5.20. The number of thiazole rings is 1. The third-order valence-electron chi connectivity index (χ3n) is 7.26. The Labute approximate surface area is 215 Å². The van der Waals surface area contributed by atoms with Gasteiger partial charge in [-0.25, -0.2) is 4.98 Å². The topological polar surface area (TPSA) is 58.1 Å². The van der Waals surface area contributed by atoms with Gasteiger partial charge in [0.15, 0.2) is 6.23 Å². The van der Waals surface area contributed by atoms with E-state index in [9.17, 15) is 18.3 Å². The average molecular weight is 530 g/mol. The molecule has 36 heavy (non-hydrogen) atoms. The molecular weight excluding hydrogens is 491 g/mol. The molecular formula is C26H38F3N3O3S. The summed E-state index contributed by atoms with van der Waals surface area (Å²) in [6.07, 6.45) is -1.82. The predicted octanol–water partition coefficient (Wildman–Crippen LogP) is 5.23. The number of aliphatic hydroxyl groups is 1. The lowest BCUT2D eigenvalue weighted by atomic mass is 9.87. The van der Waals surface area contributed by atoms with E-state index in [2.05, 4.69) is 14.8 Å². The summed E-state index contributed by atoms with van der Waals surface area (Å²) >= 11 is 1.65. The number of hydrogen-bond acceptors (Lipinski definition) is 7. The van der Waals surface area contributed by atoms with Gasteiger partial charge in [0.2, 0.25) is 0 Å². The zero-order valence-electron chi connectivity index (χ0n) is 21.2. The first-order chi connectivity index (χ1) is 17.2. The Morgan fingerprint density at radius 2 is 1.83 bits per heavy atom. The minimum absolute atomic E-state index is 0.0233. The third kappa shape index (κ3) is 7.54. The number of alkyl halides is 3. The second-order valence-electron chi connectivity index (χ2n) is 10.1. The van der Waals surface area contributed by atoms with E-state index in [4.69, 9.17) is 9.47 Å². The van der Waals surface area contributed by atoms with Crippen molar-refractivity contribution < 1.29 is 27.8 Å². The van der Waals surface area contributed by atoms with E-state index in [0.29, 0.717) is 25.2 Å². The van der Waals surface area contributed by atoms with Crippen LogP contribution in [0.3, 0.4) is 0 Å². The first-order valence-corrected chi connectivity index (χ1v) is 13.9. The SMILES string of the molecule is Cc1nc2cc(OC([C@@H](C)O)N3CCN(CCCCOC4CCC(C(F)(F)F)CC4)CC3)ccc2s1. The van der Waals surface area contributed by atoms with Crippen molar-refractivity contribution in [2.45, 2.75) is 77.0 Å². The van der Waals surface area contributed by atoms with Crippen LogP contribution in [0.25, 0.3) is 10.2 Å². The van der Waals surface area contributed by atoms with Gasteiger partial charge in [0.05, 0.1) is 27.2 Å². The van der Waals surface area contributed by atoms with E-state index in [1.54, 1.807) is 18.3 Å². The minimum atomic E-state index is -4.06. The van der Waals surface area contributed by atoms with Crippen molar-refractivity contribution in [2.75, 3.05) is 39.3 Å². The third-order valence-corrected chi connectivity index (χ3v) is 8.21. The monoisotopic (exact) mass is 529 g/mol. The molecule has 1 aromatic carbocycles. The summed E-state index contributed by atoms with van der Waals surface area (Å²) in [6.45, 7) is 8.76. The number of aryl methyl sites for hydroxylation is 1. The highest BCUT2D eigenvalue weighted by atomic mass is 32.1. The summed E-state index contributed by atoms with van der Waals surface area (Å²) < 4.78 is 51.5. The summed E-state index contributed by atoms with van der Waals surface area (Å²) in [5.74, 6) is -0.436. The van der Waals surface area contributed by atoms with Gasteiger partial charge in [-0.05, 0) is 71.0 Å². The standard InChI is InChI=1S/C26H38F3N3O3S/c1-18(33)25(35-22-9-10-24-23(17-22)30-19(2)36-24)32-14-12-31(13-15-32)11-3-4-16-34-21-7-5-20(6-8-21)26(27,28)29/h9-10,17-18,20-21,25,33H,3-8,11-16H2,1-2H3/t18-,20?,21?,25?/m1/s1. The largest absolute Gasteiger partial charge is 0.472 e. The molecule has 10 heteroatoms. The van der Waals surface area contributed by atoms with Crippen LogP contribution in [0, 0.1) is 12.8 Å². The molecule has 202 valence electrons. The number of fused-ring (bicyclic) bond motifs is 1. The van der Waals surface area contributed by atoms with E-state index >= 15 is 0 Å². The summed E-state index contributed by atoms with van der Waals surface area (Å²) in [4.78, 5) is 9.14. The first-order valence-electron chi connectivity index (χ1n) is 13.1. The molecule has 2 aliphatic rings. The lowest BCUT2D eigenvalue weighted by molar-refractivity contribution is -0.187. The fourth-order valence-corrected chi connectivity index (χ4v) is 6.01. The van der Waals surface area contributed by atoms with E-state index in [-0.39, 0.29) is 18.9 Å². The van der Waals surface area contributed by atoms with Gasteiger partial charge < -0.3 is 19.5 Å². The second kappa shape index (κ2) is 12.4. The molecule has 2 atom stereocenters. The number of unbranched alkanes of at least 4 members (excludes halogenated alkanes) is 1. The maximum atomic E-state index is 12.8. The van der Waals surface area contributed by atoms with Crippen molar-refractivity contribution in [1.29, 1.82) is 0 Å². The van der Waals surface area contributed by atoms with Gasteiger partial charge in [-0.15, -0.1) is 11.3 Å². The molecule has 1 aliphatic carbocycles. The van der Waals surface area contributed by atoms with E-state index < -0.39 is 24.4 Å². The van der Waals surface area contributed by atoms with Crippen LogP contribution < -0.4 is 4.74 Å². The van der Waals surface area contributed by atoms with Crippen LogP contribution in [0.1, 0.15) is 50.5 Å². The van der Waals surface area contributed by atoms with Gasteiger partial charge in [0, 0.05) is 38.9 Å². The molecule has 0 spiro atoms. The van der Waals surface area contributed by atoms with E-state index in [1.807, 2.05) is 25.1 Å². The van der Waals surface area contributed by atoms with Crippen molar-refractivity contribution >= 4 is 21.6 Å². The predicted molar refractivity (Wildman–Crippen MR) is 135 cm³/mol. The number of hydrogen-bond donors (Lipinski definition) is 1. The van der Waals surface area contributed by atoms with Crippen LogP contribution >= 0.6 is 11.3 Å². The van der Waals surface area contributed by atoms with Crippen LogP contribution in [-0.4, -0.2) is 83.8 Å². The molecule has 0 bridgehead atoms. The van der Waals surface area contributed by atoms with Gasteiger partial charge >= 0.3 is 6.18 Å². The van der Waals surface area contributed by atoms with Crippen molar-refractivity contribution in [3.8, 4) is 5.75 Å². The maximum Gasteiger partial charge on any atom is 0.391 e. The normalized spacial score (nSPS) is 24.2. The number of piperazine rings is 1. The highest BCUT2D eigenvalue weighted by Gasteiger charge is 2.41. The van der Waals surface area contributed by atoms with Crippen LogP contribution in [0.15, 0.2) is 18.2 Å². The molecule has 0 radical (unpaired) electrons. The number of ether oxygens (including phenoxy) is 2. The molecule has 1 aliphatic heterocycles. The lowest BCUT2D eigenvalue weighted by Gasteiger charge is -2.40. The van der Waals surface area contributed by atoms with Crippen LogP contribution in [0.2, 0.25) is 0 Å². The molecule has 2 aromatic rings. The Morgan fingerprint density at radius 1 is 1.11 bits per heavy atom. The van der Waals surface area contributed by atoms with Crippen LogP contribution in [0.4, 0.5) is 13.2 Å². The number of nitrogens with zero attached hydrogens (tertiary/aromatic N) is 3. The summed E-state index contributed by atoms with van der Waals surface area (Å²) in [5, 5.41) is 11.4. The molecule has 1 aromatic heterocycles. The minimum Gasteiger partial charge on any atom is -0.472 e. The number of aromatic nitrogens is 1. The summed E-state index contributed by atoms with van der Waals surface area (Å²) in [6, 6.07) is 5.90. The van der Waals surface area contributed by atoms with Crippen LogP contribution in [-0.2, 0) is 4.74 Å². The molecule has 1 saturated carbocycles. The first kappa shape index (κ1) is 27.6. The number of aliphatic hydroxyl groups excluding tert-OH is 1. The zero-order valence-corrected chi connectivity index (χ0v) is 22.0. The molecule has 0 amide bonds. The molecule has 1 N–H and O–H groups in total. The smallest absolute Gasteiger partial charge is 0.391 e. The Hall–Kier alpha value is -1.46. The summed E-state index contributed by atoms with van der Waals surface area (Å²) in [5.41, 5.74) is 0.919. The molecule has 2 fully saturated rings. The van der Waals surface area contributed by atoms with Gasteiger partial charge in [0.25, 0.3) is 0 Å². The molecule has 4 rings (SSSR count). The zero-order chi connectivity index (χ0) is 25.7.